The van der Waals surface area contributed by atoms with E-state index in [1.807, 2.05) is 44.2 Å². The molecular weight excluding hydrogens is 204 g/mol. The maximum Gasteiger partial charge on any atom is 0.316 e. The van der Waals surface area contributed by atoms with Gasteiger partial charge in [0, 0.05) is 0 Å². The third-order valence-electron chi connectivity index (χ3n) is 2.56. The van der Waals surface area contributed by atoms with Crippen molar-refractivity contribution < 1.29 is 14.6 Å². The maximum absolute atomic E-state index is 11.8. The van der Waals surface area contributed by atoms with Crippen molar-refractivity contribution in [1.29, 1.82) is 0 Å². The second-order valence-corrected chi connectivity index (χ2v) is 3.80. The molecular formula is C13H18O3. The third kappa shape index (κ3) is 3.35. The summed E-state index contributed by atoms with van der Waals surface area (Å²) < 4.78 is 5.21. The predicted molar refractivity (Wildman–Crippen MR) is 62.1 cm³/mol. The Morgan fingerprint density at radius 3 is 2.50 bits per heavy atom. The Labute approximate surface area is 96.1 Å². The Morgan fingerprint density at radius 1 is 1.38 bits per heavy atom. The van der Waals surface area contributed by atoms with Gasteiger partial charge in [0.1, 0.15) is 5.92 Å². The lowest BCUT2D eigenvalue weighted by atomic mass is 10.0. The van der Waals surface area contributed by atoms with Gasteiger partial charge in [-0.2, -0.15) is 0 Å². The van der Waals surface area contributed by atoms with E-state index in [9.17, 15) is 9.90 Å². The molecule has 0 aromatic heterocycles. The summed E-state index contributed by atoms with van der Waals surface area (Å²) in [4.78, 5) is 11.8. The molecule has 0 saturated carbocycles. The summed E-state index contributed by atoms with van der Waals surface area (Å²) >= 11 is 0. The lowest BCUT2D eigenvalue weighted by molar-refractivity contribution is -0.151. The molecule has 2 unspecified atom stereocenters. The van der Waals surface area contributed by atoms with Gasteiger partial charge in [-0.25, -0.2) is 0 Å². The topological polar surface area (TPSA) is 46.5 Å². The first kappa shape index (κ1) is 12.7. The smallest absolute Gasteiger partial charge is 0.316 e. The zero-order valence-corrected chi connectivity index (χ0v) is 9.72. The highest BCUT2D eigenvalue weighted by Crippen LogP contribution is 2.17. The molecule has 0 bridgehead atoms. The van der Waals surface area contributed by atoms with Crippen molar-refractivity contribution in [2.45, 2.75) is 32.3 Å². The van der Waals surface area contributed by atoms with Crippen molar-refractivity contribution in [3.63, 3.8) is 0 Å². The number of aliphatic hydroxyl groups is 1. The van der Waals surface area contributed by atoms with Crippen LogP contribution in [0.4, 0.5) is 0 Å². The van der Waals surface area contributed by atoms with Crippen molar-refractivity contribution in [3.8, 4) is 0 Å². The van der Waals surface area contributed by atoms with Crippen LogP contribution in [-0.4, -0.2) is 23.8 Å². The van der Waals surface area contributed by atoms with Crippen LogP contribution in [0.3, 0.4) is 0 Å². The van der Waals surface area contributed by atoms with E-state index in [-0.39, 0.29) is 18.7 Å². The molecule has 0 heterocycles. The lowest BCUT2D eigenvalue weighted by Gasteiger charge is -2.17. The van der Waals surface area contributed by atoms with Gasteiger partial charge in [-0.3, -0.25) is 4.79 Å². The van der Waals surface area contributed by atoms with E-state index in [4.69, 9.17) is 4.74 Å². The van der Waals surface area contributed by atoms with E-state index >= 15 is 0 Å². The van der Waals surface area contributed by atoms with Crippen LogP contribution < -0.4 is 0 Å². The Kier molecular flexibility index (Phi) is 4.99. The minimum absolute atomic E-state index is 0.106. The van der Waals surface area contributed by atoms with Gasteiger partial charge in [-0.15, -0.1) is 0 Å². The van der Waals surface area contributed by atoms with E-state index in [0.717, 1.165) is 12.0 Å². The monoisotopic (exact) mass is 222 g/mol. The van der Waals surface area contributed by atoms with Crippen molar-refractivity contribution in [3.05, 3.63) is 35.9 Å². The second-order valence-electron chi connectivity index (χ2n) is 3.80. The second kappa shape index (κ2) is 6.28. The zero-order valence-electron chi connectivity index (χ0n) is 9.72. The minimum atomic E-state index is -0.574. The molecule has 0 aliphatic carbocycles. The third-order valence-corrected chi connectivity index (χ3v) is 2.56. The molecule has 3 nitrogen and oxygen atoms in total. The van der Waals surface area contributed by atoms with Gasteiger partial charge in [0.2, 0.25) is 0 Å². The Bertz CT molecular complexity index is 321. The summed E-state index contributed by atoms with van der Waals surface area (Å²) in [6, 6.07) is 9.19. The largest absolute Gasteiger partial charge is 0.462 e. The molecule has 1 aromatic rings. The molecule has 0 radical (unpaired) electrons. The van der Waals surface area contributed by atoms with Crippen LogP contribution in [0.5, 0.6) is 0 Å². The first-order valence-corrected chi connectivity index (χ1v) is 5.55. The molecule has 0 aliphatic heterocycles. The van der Waals surface area contributed by atoms with Gasteiger partial charge in [0.25, 0.3) is 0 Å². The van der Waals surface area contributed by atoms with Crippen LogP contribution >= 0.6 is 0 Å². The fraction of sp³-hybridized carbons (Fsp3) is 0.462. The van der Waals surface area contributed by atoms with Crippen molar-refractivity contribution in [2.24, 2.45) is 0 Å². The summed E-state index contributed by atoms with van der Waals surface area (Å²) in [7, 11) is 0. The van der Waals surface area contributed by atoms with Crippen LogP contribution in [-0.2, 0) is 9.53 Å². The Hall–Kier alpha value is -1.35. The average Bonchev–Trinajstić information content (AvgIpc) is 2.31. The molecule has 0 fully saturated rings. The Balaban J connectivity index is 2.71. The fourth-order valence-corrected chi connectivity index (χ4v) is 1.37. The number of hydrogen-bond acceptors (Lipinski definition) is 3. The molecule has 1 aromatic carbocycles. The van der Waals surface area contributed by atoms with E-state index < -0.39 is 5.92 Å². The number of hydrogen-bond donors (Lipinski definition) is 1. The number of aliphatic hydroxyl groups excluding tert-OH is 1. The first-order valence-electron chi connectivity index (χ1n) is 5.55. The fourth-order valence-electron chi connectivity index (χ4n) is 1.37. The van der Waals surface area contributed by atoms with Crippen LogP contribution in [0.1, 0.15) is 31.7 Å². The molecule has 2 atom stereocenters. The highest BCUT2D eigenvalue weighted by molar-refractivity contribution is 5.78. The highest BCUT2D eigenvalue weighted by Gasteiger charge is 2.22. The Morgan fingerprint density at radius 2 is 2.00 bits per heavy atom. The van der Waals surface area contributed by atoms with Crippen LogP contribution in [0.2, 0.25) is 0 Å². The van der Waals surface area contributed by atoms with E-state index in [2.05, 4.69) is 0 Å². The van der Waals surface area contributed by atoms with Crippen LogP contribution in [0.15, 0.2) is 30.3 Å². The molecule has 3 heteroatoms. The van der Waals surface area contributed by atoms with E-state index in [0.29, 0.717) is 0 Å². The molecule has 1 N–H and O–H groups in total. The van der Waals surface area contributed by atoms with Crippen molar-refractivity contribution in [1.82, 2.24) is 0 Å². The highest BCUT2D eigenvalue weighted by atomic mass is 16.5. The number of esters is 1. The van der Waals surface area contributed by atoms with Crippen molar-refractivity contribution in [2.75, 3.05) is 6.61 Å². The predicted octanol–water partition coefficient (Wildman–Crippen LogP) is 2.10. The minimum Gasteiger partial charge on any atom is -0.462 e. The number of carbonyl (C=O) groups is 1. The van der Waals surface area contributed by atoms with Gasteiger partial charge in [0.15, 0.2) is 0 Å². The molecule has 0 spiro atoms. The number of ether oxygens (including phenoxy) is 1. The quantitative estimate of drug-likeness (QED) is 0.776. The molecule has 16 heavy (non-hydrogen) atoms. The van der Waals surface area contributed by atoms with Gasteiger partial charge >= 0.3 is 5.97 Å². The molecule has 0 amide bonds. The van der Waals surface area contributed by atoms with Gasteiger partial charge < -0.3 is 9.84 Å². The van der Waals surface area contributed by atoms with Gasteiger partial charge in [-0.05, 0) is 18.9 Å². The number of benzene rings is 1. The number of rotatable bonds is 5. The summed E-state index contributed by atoms with van der Waals surface area (Å²) in [5, 5.41) is 9.23. The van der Waals surface area contributed by atoms with E-state index in [1.165, 1.54) is 0 Å². The molecule has 0 saturated heterocycles. The summed E-state index contributed by atoms with van der Waals surface area (Å²) in [6.07, 6.45) is 0.670. The zero-order chi connectivity index (χ0) is 12.0. The van der Waals surface area contributed by atoms with Crippen LogP contribution in [0, 0.1) is 0 Å². The molecule has 88 valence electrons. The molecule has 0 aliphatic rings. The maximum atomic E-state index is 11.8. The normalized spacial score (nSPS) is 14.2. The van der Waals surface area contributed by atoms with E-state index in [1.54, 1.807) is 0 Å². The standard InChI is InChI=1S/C13H18O3/c1-3-10(2)16-13(15)12(9-14)11-7-5-4-6-8-11/h4-8,10,12,14H,3,9H2,1-2H3. The first-order chi connectivity index (χ1) is 7.69. The average molecular weight is 222 g/mol. The van der Waals surface area contributed by atoms with Gasteiger partial charge in [-0.1, -0.05) is 37.3 Å². The van der Waals surface area contributed by atoms with Gasteiger partial charge in [0.05, 0.1) is 12.7 Å². The SMILES string of the molecule is CCC(C)OC(=O)C(CO)c1ccccc1. The summed E-state index contributed by atoms with van der Waals surface area (Å²) in [6.45, 7) is 3.57. The summed E-state index contributed by atoms with van der Waals surface area (Å²) in [5.41, 5.74) is 0.790. The lowest BCUT2D eigenvalue weighted by Crippen LogP contribution is -2.23. The van der Waals surface area contributed by atoms with Crippen molar-refractivity contribution >= 4 is 5.97 Å². The van der Waals surface area contributed by atoms with Crippen LogP contribution in [0.25, 0.3) is 0 Å². The summed E-state index contributed by atoms with van der Waals surface area (Å²) in [5.74, 6) is -0.932. The number of carbonyl (C=O) groups excluding carboxylic acids is 1. The molecule has 1 rings (SSSR count).